The van der Waals surface area contributed by atoms with Crippen molar-refractivity contribution in [2.75, 3.05) is 27.2 Å². The molecule has 0 radical (unpaired) electrons. The number of amides is 3. The van der Waals surface area contributed by atoms with E-state index in [0.717, 1.165) is 0 Å². The number of nitrogens with zero attached hydrogens (tertiary/aromatic N) is 1. The van der Waals surface area contributed by atoms with Crippen molar-refractivity contribution < 1.29 is 19.1 Å². The topological polar surface area (TPSA) is 102 Å². The molecule has 7 nitrogen and oxygen atoms in total. The molecule has 0 aliphatic heterocycles. The highest BCUT2D eigenvalue weighted by atomic mass is 16.5. The van der Waals surface area contributed by atoms with E-state index in [1.165, 1.54) is 4.90 Å². The van der Waals surface area contributed by atoms with Gasteiger partial charge in [0.15, 0.2) is 6.61 Å². The molecule has 0 aromatic heterocycles. The molecule has 0 saturated heterocycles. The number of hydrogen-bond donors (Lipinski definition) is 2. The predicted octanol–water partition coefficient (Wildman–Crippen LogP) is 0.00480. The van der Waals surface area contributed by atoms with Gasteiger partial charge in [-0.3, -0.25) is 14.4 Å². The maximum absolute atomic E-state index is 12.5. The molecule has 120 valence electrons. The number of benzene rings is 1. The normalized spacial score (nSPS) is 11.4. The summed E-state index contributed by atoms with van der Waals surface area (Å²) in [4.78, 5) is 36.2. The Hall–Kier alpha value is -2.57. The van der Waals surface area contributed by atoms with E-state index in [1.54, 1.807) is 45.3 Å². The molecule has 7 heteroatoms. The first-order chi connectivity index (χ1) is 10.4. The summed E-state index contributed by atoms with van der Waals surface area (Å²) in [5, 5.41) is 2.54. The Kier molecular flexibility index (Phi) is 6.37. The standard InChI is InChI=1S/C15H21N3O4/c1-10(14(20)17-2)8-18(3)15(21)11-6-4-5-7-12(11)22-9-13(16)19/h4-7,10H,8-9H2,1-3H3,(H2,16,19)(H,17,20). The molecule has 22 heavy (non-hydrogen) atoms. The van der Waals surface area contributed by atoms with Crippen molar-refractivity contribution in [3.8, 4) is 5.75 Å². The van der Waals surface area contributed by atoms with Crippen molar-refractivity contribution in [2.45, 2.75) is 6.92 Å². The van der Waals surface area contributed by atoms with E-state index in [9.17, 15) is 14.4 Å². The highest BCUT2D eigenvalue weighted by molar-refractivity contribution is 5.97. The van der Waals surface area contributed by atoms with Crippen molar-refractivity contribution >= 4 is 17.7 Å². The minimum Gasteiger partial charge on any atom is -0.483 e. The van der Waals surface area contributed by atoms with Gasteiger partial charge < -0.3 is 20.7 Å². The molecule has 1 unspecified atom stereocenters. The van der Waals surface area contributed by atoms with E-state index >= 15 is 0 Å². The summed E-state index contributed by atoms with van der Waals surface area (Å²) in [6, 6.07) is 6.58. The Morgan fingerprint density at radius 3 is 2.55 bits per heavy atom. The monoisotopic (exact) mass is 307 g/mol. The molecule has 1 rings (SSSR count). The number of hydrogen-bond acceptors (Lipinski definition) is 4. The van der Waals surface area contributed by atoms with Crippen LogP contribution in [0.25, 0.3) is 0 Å². The first kappa shape index (κ1) is 17.5. The van der Waals surface area contributed by atoms with E-state index < -0.39 is 5.91 Å². The summed E-state index contributed by atoms with van der Waals surface area (Å²) < 4.78 is 5.24. The van der Waals surface area contributed by atoms with Gasteiger partial charge >= 0.3 is 0 Å². The zero-order valence-electron chi connectivity index (χ0n) is 13.0. The van der Waals surface area contributed by atoms with Crippen molar-refractivity contribution in [1.29, 1.82) is 0 Å². The van der Waals surface area contributed by atoms with E-state index in [-0.39, 0.29) is 36.6 Å². The van der Waals surface area contributed by atoms with Crippen molar-refractivity contribution in [3.05, 3.63) is 29.8 Å². The number of nitrogens with two attached hydrogens (primary N) is 1. The van der Waals surface area contributed by atoms with Crippen LogP contribution in [0, 0.1) is 5.92 Å². The average Bonchev–Trinajstić information content (AvgIpc) is 2.51. The van der Waals surface area contributed by atoms with Crippen LogP contribution in [0.5, 0.6) is 5.75 Å². The second kappa shape index (κ2) is 8.02. The van der Waals surface area contributed by atoms with Gasteiger partial charge in [-0.2, -0.15) is 0 Å². The van der Waals surface area contributed by atoms with E-state index in [2.05, 4.69) is 5.32 Å². The average molecular weight is 307 g/mol. The van der Waals surface area contributed by atoms with Gasteiger partial charge in [0.1, 0.15) is 5.75 Å². The SMILES string of the molecule is CNC(=O)C(C)CN(C)C(=O)c1ccccc1OCC(N)=O. The zero-order chi connectivity index (χ0) is 16.7. The number of rotatable bonds is 7. The first-order valence-corrected chi connectivity index (χ1v) is 6.84. The third-order valence-electron chi connectivity index (χ3n) is 3.08. The van der Waals surface area contributed by atoms with Crippen LogP contribution >= 0.6 is 0 Å². The zero-order valence-corrected chi connectivity index (χ0v) is 13.0. The molecule has 0 spiro atoms. The fourth-order valence-corrected chi connectivity index (χ4v) is 1.95. The molecule has 3 N–H and O–H groups in total. The molecule has 0 fully saturated rings. The molecule has 1 atom stereocenters. The minimum atomic E-state index is -0.621. The molecule has 0 heterocycles. The fourth-order valence-electron chi connectivity index (χ4n) is 1.95. The van der Waals surface area contributed by atoms with Crippen LogP contribution in [0.4, 0.5) is 0 Å². The Labute approximate surface area is 129 Å². The third kappa shape index (κ3) is 4.76. The Morgan fingerprint density at radius 2 is 1.95 bits per heavy atom. The molecule has 1 aromatic rings. The molecule has 3 amide bonds. The lowest BCUT2D eigenvalue weighted by atomic mass is 10.1. The molecular formula is C15H21N3O4. The van der Waals surface area contributed by atoms with Crippen LogP contribution in [-0.2, 0) is 9.59 Å². The minimum absolute atomic E-state index is 0.141. The molecular weight excluding hydrogens is 286 g/mol. The van der Waals surface area contributed by atoms with Crippen LogP contribution < -0.4 is 15.8 Å². The van der Waals surface area contributed by atoms with Gasteiger partial charge in [0.2, 0.25) is 5.91 Å². The Bertz CT molecular complexity index is 559. The first-order valence-electron chi connectivity index (χ1n) is 6.84. The second-order valence-corrected chi connectivity index (χ2v) is 4.95. The van der Waals surface area contributed by atoms with Gasteiger partial charge in [-0.05, 0) is 12.1 Å². The number of primary amides is 1. The van der Waals surface area contributed by atoms with Gasteiger partial charge in [0.05, 0.1) is 11.5 Å². The lowest BCUT2D eigenvalue weighted by molar-refractivity contribution is -0.124. The van der Waals surface area contributed by atoms with Gasteiger partial charge in [0, 0.05) is 20.6 Å². The quantitative estimate of drug-likeness (QED) is 0.740. The fraction of sp³-hybridized carbons (Fsp3) is 0.400. The van der Waals surface area contributed by atoms with Crippen LogP contribution in [0.1, 0.15) is 17.3 Å². The van der Waals surface area contributed by atoms with Crippen LogP contribution in [-0.4, -0.2) is 49.9 Å². The molecule has 0 aliphatic carbocycles. The Morgan fingerprint density at radius 1 is 1.32 bits per heavy atom. The highest BCUT2D eigenvalue weighted by Crippen LogP contribution is 2.20. The van der Waals surface area contributed by atoms with Crippen LogP contribution in [0.15, 0.2) is 24.3 Å². The summed E-state index contributed by atoms with van der Waals surface area (Å²) >= 11 is 0. The van der Waals surface area contributed by atoms with Crippen LogP contribution in [0.2, 0.25) is 0 Å². The predicted molar refractivity (Wildman–Crippen MR) is 81.3 cm³/mol. The lowest BCUT2D eigenvalue weighted by Crippen LogP contribution is -2.37. The van der Waals surface area contributed by atoms with Crippen molar-refractivity contribution in [2.24, 2.45) is 11.7 Å². The lowest BCUT2D eigenvalue weighted by Gasteiger charge is -2.22. The number of nitrogens with one attached hydrogen (secondary N) is 1. The maximum Gasteiger partial charge on any atom is 0.257 e. The van der Waals surface area contributed by atoms with Gasteiger partial charge in [-0.15, -0.1) is 0 Å². The van der Waals surface area contributed by atoms with Gasteiger partial charge in [-0.25, -0.2) is 0 Å². The van der Waals surface area contributed by atoms with Crippen molar-refractivity contribution in [3.63, 3.8) is 0 Å². The maximum atomic E-state index is 12.5. The number of ether oxygens (including phenoxy) is 1. The smallest absolute Gasteiger partial charge is 0.257 e. The molecule has 1 aromatic carbocycles. The largest absolute Gasteiger partial charge is 0.483 e. The van der Waals surface area contributed by atoms with Crippen molar-refractivity contribution in [1.82, 2.24) is 10.2 Å². The summed E-state index contributed by atoms with van der Waals surface area (Å²) in [6.07, 6.45) is 0. The molecule has 0 aliphatic rings. The van der Waals surface area contributed by atoms with Crippen LogP contribution in [0.3, 0.4) is 0 Å². The summed E-state index contributed by atoms with van der Waals surface area (Å²) in [6.45, 7) is 1.70. The molecule has 0 saturated carbocycles. The van der Waals surface area contributed by atoms with E-state index in [1.807, 2.05) is 0 Å². The third-order valence-corrected chi connectivity index (χ3v) is 3.08. The highest BCUT2D eigenvalue weighted by Gasteiger charge is 2.21. The van der Waals surface area contributed by atoms with Gasteiger partial charge in [0.25, 0.3) is 11.8 Å². The van der Waals surface area contributed by atoms with Gasteiger partial charge in [-0.1, -0.05) is 19.1 Å². The summed E-state index contributed by atoms with van der Waals surface area (Å²) in [5.74, 6) is -1.11. The van der Waals surface area contributed by atoms with E-state index in [4.69, 9.17) is 10.5 Å². The number of carbonyl (C=O) groups excluding carboxylic acids is 3. The number of carbonyl (C=O) groups is 3. The summed E-state index contributed by atoms with van der Waals surface area (Å²) in [7, 11) is 3.15. The second-order valence-electron chi connectivity index (χ2n) is 4.95. The van der Waals surface area contributed by atoms with E-state index in [0.29, 0.717) is 5.56 Å². The number of para-hydroxylation sites is 1. The Balaban J connectivity index is 2.83. The molecule has 0 bridgehead atoms. The summed E-state index contributed by atoms with van der Waals surface area (Å²) in [5.41, 5.74) is 5.35.